The van der Waals surface area contributed by atoms with Crippen LogP contribution in [0.1, 0.15) is 40.5 Å². The van der Waals surface area contributed by atoms with E-state index in [1.165, 1.54) is 0 Å². The monoisotopic (exact) mass is 391 g/mol. The van der Waals surface area contributed by atoms with E-state index in [1.54, 1.807) is 25.3 Å². The van der Waals surface area contributed by atoms with Gasteiger partial charge in [-0.1, -0.05) is 18.5 Å². The SMILES string of the molecule is CC[C@@H](COC)Nc1cc(C)nc(Oc2c(C)cc(Cl)cc2C)c1C(N)=O. The molecule has 27 heavy (non-hydrogen) atoms. The number of nitrogens with zero attached hydrogens (tertiary/aromatic N) is 1. The zero-order valence-electron chi connectivity index (χ0n) is 16.4. The Bertz CT molecular complexity index is 816. The van der Waals surface area contributed by atoms with Gasteiger partial charge in [-0.2, -0.15) is 0 Å². The number of nitrogens with one attached hydrogen (secondary N) is 1. The summed E-state index contributed by atoms with van der Waals surface area (Å²) < 4.78 is 11.3. The maximum Gasteiger partial charge on any atom is 0.256 e. The van der Waals surface area contributed by atoms with Gasteiger partial charge in [0.05, 0.1) is 12.3 Å². The standard InChI is InChI=1S/C20H26ClN3O3/c1-6-15(10-26-5)24-16-9-13(4)23-20(17(16)19(22)25)27-18-11(2)7-14(21)8-12(18)3/h7-9,15H,6,10H2,1-5H3,(H2,22,25)(H,23,24)/t15-/m0/s1. The Morgan fingerprint density at radius 2 is 1.89 bits per heavy atom. The fourth-order valence-electron chi connectivity index (χ4n) is 2.91. The van der Waals surface area contributed by atoms with Crippen molar-refractivity contribution in [1.82, 2.24) is 4.98 Å². The van der Waals surface area contributed by atoms with E-state index in [-0.39, 0.29) is 17.5 Å². The van der Waals surface area contributed by atoms with Crippen LogP contribution in [0.3, 0.4) is 0 Å². The van der Waals surface area contributed by atoms with Gasteiger partial charge in [-0.3, -0.25) is 4.79 Å². The number of carbonyl (C=O) groups is 1. The minimum Gasteiger partial charge on any atom is -0.438 e. The summed E-state index contributed by atoms with van der Waals surface area (Å²) in [5.74, 6) is 0.164. The van der Waals surface area contributed by atoms with Gasteiger partial charge in [0.2, 0.25) is 5.88 Å². The van der Waals surface area contributed by atoms with Crippen LogP contribution in [0.5, 0.6) is 11.6 Å². The van der Waals surface area contributed by atoms with Crippen LogP contribution in [0.25, 0.3) is 0 Å². The summed E-state index contributed by atoms with van der Waals surface area (Å²) in [6.45, 7) is 8.15. The van der Waals surface area contributed by atoms with Crippen LogP contribution in [-0.4, -0.2) is 30.6 Å². The number of anilines is 1. The molecule has 6 nitrogen and oxygen atoms in total. The minimum absolute atomic E-state index is 0.0294. The Morgan fingerprint density at radius 3 is 2.41 bits per heavy atom. The highest BCUT2D eigenvalue weighted by atomic mass is 35.5. The molecule has 1 aromatic heterocycles. The van der Waals surface area contributed by atoms with Crippen LogP contribution >= 0.6 is 11.6 Å². The molecule has 1 aromatic carbocycles. The number of primary amides is 1. The lowest BCUT2D eigenvalue weighted by Crippen LogP contribution is -2.26. The highest BCUT2D eigenvalue weighted by Crippen LogP contribution is 2.34. The highest BCUT2D eigenvalue weighted by Gasteiger charge is 2.21. The second-order valence-corrected chi connectivity index (χ2v) is 6.97. The average Bonchev–Trinajstić information content (AvgIpc) is 2.56. The van der Waals surface area contributed by atoms with Crippen LogP contribution < -0.4 is 15.8 Å². The Kier molecular flexibility index (Phi) is 7.05. The van der Waals surface area contributed by atoms with Crippen molar-refractivity contribution in [2.24, 2.45) is 5.73 Å². The molecule has 0 spiro atoms. The van der Waals surface area contributed by atoms with Crippen molar-refractivity contribution in [2.45, 2.75) is 40.2 Å². The first-order valence-electron chi connectivity index (χ1n) is 8.78. The lowest BCUT2D eigenvalue weighted by Gasteiger charge is -2.21. The molecular weight excluding hydrogens is 366 g/mol. The number of aromatic nitrogens is 1. The summed E-state index contributed by atoms with van der Waals surface area (Å²) in [7, 11) is 1.64. The van der Waals surface area contributed by atoms with Gasteiger partial charge >= 0.3 is 0 Å². The van der Waals surface area contributed by atoms with Gasteiger partial charge in [-0.05, 0) is 56.5 Å². The normalized spacial score (nSPS) is 11.9. The van der Waals surface area contributed by atoms with Gasteiger partial charge in [-0.25, -0.2) is 4.98 Å². The van der Waals surface area contributed by atoms with Crippen LogP contribution in [0.15, 0.2) is 18.2 Å². The fraction of sp³-hybridized carbons (Fsp3) is 0.400. The second kappa shape index (κ2) is 9.06. The molecular formula is C20H26ClN3O3. The Morgan fingerprint density at radius 1 is 1.26 bits per heavy atom. The molecule has 0 fully saturated rings. The molecule has 7 heteroatoms. The zero-order chi connectivity index (χ0) is 20.1. The summed E-state index contributed by atoms with van der Waals surface area (Å²) in [5, 5.41) is 3.94. The first kappa shape index (κ1) is 21.0. The third-order valence-electron chi connectivity index (χ3n) is 4.20. The van der Waals surface area contributed by atoms with Crippen LogP contribution in [0, 0.1) is 20.8 Å². The number of rotatable bonds is 8. The number of amides is 1. The predicted octanol–water partition coefficient (Wildman–Crippen LogP) is 4.39. The van der Waals surface area contributed by atoms with E-state index in [4.69, 9.17) is 26.8 Å². The number of methoxy groups -OCH3 is 1. The Balaban J connectivity index is 2.52. The number of halogens is 1. The molecule has 0 saturated carbocycles. The van der Waals surface area contributed by atoms with Crippen molar-refractivity contribution in [3.8, 4) is 11.6 Å². The van der Waals surface area contributed by atoms with Gasteiger partial charge in [0.1, 0.15) is 11.3 Å². The molecule has 2 rings (SSSR count). The number of pyridine rings is 1. The topological polar surface area (TPSA) is 86.5 Å². The summed E-state index contributed by atoms with van der Waals surface area (Å²) in [6, 6.07) is 5.41. The molecule has 0 radical (unpaired) electrons. The lowest BCUT2D eigenvalue weighted by atomic mass is 10.1. The fourth-order valence-corrected chi connectivity index (χ4v) is 3.24. The van der Waals surface area contributed by atoms with Crippen molar-refractivity contribution >= 4 is 23.2 Å². The molecule has 0 aliphatic carbocycles. The van der Waals surface area contributed by atoms with Gasteiger partial charge < -0.3 is 20.5 Å². The van der Waals surface area contributed by atoms with Crippen molar-refractivity contribution in [2.75, 3.05) is 19.0 Å². The average molecular weight is 392 g/mol. The molecule has 2 aromatic rings. The van der Waals surface area contributed by atoms with E-state index < -0.39 is 5.91 Å². The molecule has 0 unspecified atom stereocenters. The van der Waals surface area contributed by atoms with Crippen LogP contribution in [0.4, 0.5) is 5.69 Å². The van der Waals surface area contributed by atoms with Crippen molar-refractivity contribution in [1.29, 1.82) is 0 Å². The Labute approximate surface area is 165 Å². The van der Waals surface area contributed by atoms with Crippen LogP contribution in [0.2, 0.25) is 5.02 Å². The van der Waals surface area contributed by atoms with Crippen molar-refractivity contribution < 1.29 is 14.3 Å². The molecule has 0 aliphatic rings. The number of nitrogens with two attached hydrogens (primary N) is 1. The molecule has 146 valence electrons. The Hall–Kier alpha value is -2.31. The van der Waals surface area contributed by atoms with E-state index in [9.17, 15) is 4.79 Å². The number of hydrogen-bond acceptors (Lipinski definition) is 5. The molecule has 0 aliphatic heterocycles. The van der Waals surface area contributed by atoms with E-state index in [1.807, 2.05) is 27.7 Å². The van der Waals surface area contributed by atoms with Gasteiger partial charge in [0.25, 0.3) is 5.91 Å². The van der Waals surface area contributed by atoms with Gasteiger partial charge in [0, 0.05) is 23.9 Å². The summed E-state index contributed by atoms with van der Waals surface area (Å²) in [4.78, 5) is 16.6. The number of benzene rings is 1. The summed E-state index contributed by atoms with van der Waals surface area (Å²) in [5.41, 5.74) is 8.85. The second-order valence-electron chi connectivity index (χ2n) is 6.53. The predicted molar refractivity (Wildman–Crippen MR) is 108 cm³/mol. The van der Waals surface area contributed by atoms with E-state index in [0.717, 1.165) is 17.5 Å². The largest absolute Gasteiger partial charge is 0.438 e. The quantitative estimate of drug-likeness (QED) is 0.696. The van der Waals surface area contributed by atoms with Crippen LogP contribution in [-0.2, 0) is 4.74 Å². The first-order chi connectivity index (χ1) is 12.8. The number of aryl methyl sites for hydroxylation is 3. The minimum atomic E-state index is -0.614. The number of ether oxygens (including phenoxy) is 2. The van der Waals surface area contributed by atoms with Crippen molar-refractivity contribution in [3.63, 3.8) is 0 Å². The third kappa shape index (κ3) is 5.11. The molecule has 1 heterocycles. The highest BCUT2D eigenvalue weighted by molar-refractivity contribution is 6.30. The first-order valence-corrected chi connectivity index (χ1v) is 9.16. The van der Waals surface area contributed by atoms with E-state index in [2.05, 4.69) is 10.3 Å². The molecule has 0 bridgehead atoms. The smallest absolute Gasteiger partial charge is 0.256 e. The maximum absolute atomic E-state index is 12.2. The van der Waals surface area contributed by atoms with Crippen molar-refractivity contribution in [3.05, 3.63) is 45.6 Å². The van der Waals surface area contributed by atoms with Gasteiger partial charge in [-0.15, -0.1) is 0 Å². The third-order valence-corrected chi connectivity index (χ3v) is 4.42. The number of hydrogen-bond donors (Lipinski definition) is 2. The number of carbonyl (C=O) groups excluding carboxylic acids is 1. The van der Waals surface area contributed by atoms with E-state index >= 15 is 0 Å². The molecule has 0 saturated heterocycles. The molecule has 1 amide bonds. The zero-order valence-corrected chi connectivity index (χ0v) is 17.1. The van der Waals surface area contributed by atoms with Gasteiger partial charge in [0.15, 0.2) is 0 Å². The summed E-state index contributed by atoms with van der Waals surface area (Å²) in [6.07, 6.45) is 0.818. The lowest BCUT2D eigenvalue weighted by molar-refractivity contribution is 0.0998. The van der Waals surface area contributed by atoms with E-state index in [0.29, 0.717) is 28.8 Å². The molecule has 1 atom stereocenters. The maximum atomic E-state index is 12.2. The summed E-state index contributed by atoms with van der Waals surface area (Å²) >= 11 is 6.09. The molecule has 3 N–H and O–H groups in total.